The molecule has 0 bridgehead atoms. The molecule has 0 heterocycles. The Kier molecular flexibility index (Phi) is 5.16. The van der Waals surface area contributed by atoms with E-state index in [0.29, 0.717) is 0 Å². The van der Waals surface area contributed by atoms with Crippen LogP contribution in [0.2, 0.25) is 0 Å². The fourth-order valence-corrected chi connectivity index (χ4v) is 2.30. The van der Waals surface area contributed by atoms with E-state index in [1.54, 1.807) is 6.92 Å². The van der Waals surface area contributed by atoms with E-state index in [0.717, 1.165) is 16.6 Å². The Labute approximate surface area is 105 Å². The highest BCUT2D eigenvalue weighted by Crippen LogP contribution is 2.17. The van der Waals surface area contributed by atoms with E-state index in [1.807, 2.05) is 12.1 Å². The van der Waals surface area contributed by atoms with E-state index < -0.39 is 0 Å². The molecule has 0 fully saturated rings. The first-order chi connectivity index (χ1) is 8.06. The van der Waals surface area contributed by atoms with Crippen LogP contribution in [0.3, 0.4) is 0 Å². The number of aliphatic hydroxyl groups excluding tert-OH is 1. The average Bonchev–Trinajstić information content (AvgIpc) is 2.37. The average molecular weight is 236 g/mol. The standard InChI is InChI=1S/C15H26NO/c1-5-16(6-2,7-3)12-14-8-10-15(11-9-14)13(4)17/h8-11,13,17H,5-7,12H2,1-4H3/q+1. The molecule has 0 aromatic heterocycles. The molecule has 0 aliphatic heterocycles. The summed E-state index contributed by atoms with van der Waals surface area (Å²) in [5, 5.41) is 9.48. The molecule has 1 aromatic rings. The monoisotopic (exact) mass is 236 g/mol. The number of hydrogen-bond donors (Lipinski definition) is 1. The van der Waals surface area contributed by atoms with Gasteiger partial charge < -0.3 is 9.59 Å². The van der Waals surface area contributed by atoms with Gasteiger partial charge in [0.25, 0.3) is 0 Å². The summed E-state index contributed by atoms with van der Waals surface area (Å²) in [6, 6.07) is 8.37. The van der Waals surface area contributed by atoms with Gasteiger partial charge in [-0.1, -0.05) is 24.3 Å². The molecule has 1 atom stereocenters. The van der Waals surface area contributed by atoms with Crippen LogP contribution in [0.5, 0.6) is 0 Å². The third kappa shape index (κ3) is 3.55. The van der Waals surface area contributed by atoms with Crippen molar-refractivity contribution in [3.8, 4) is 0 Å². The van der Waals surface area contributed by atoms with E-state index >= 15 is 0 Å². The van der Waals surface area contributed by atoms with Crippen molar-refractivity contribution in [3.05, 3.63) is 35.4 Å². The maximum absolute atomic E-state index is 9.48. The van der Waals surface area contributed by atoms with E-state index in [4.69, 9.17) is 0 Å². The molecule has 0 amide bonds. The van der Waals surface area contributed by atoms with E-state index in [-0.39, 0.29) is 6.10 Å². The van der Waals surface area contributed by atoms with Crippen molar-refractivity contribution in [1.29, 1.82) is 0 Å². The fraction of sp³-hybridized carbons (Fsp3) is 0.600. The van der Waals surface area contributed by atoms with E-state index in [9.17, 15) is 5.11 Å². The number of aliphatic hydroxyl groups is 1. The molecule has 1 rings (SSSR count). The predicted molar refractivity (Wildman–Crippen MR) is 72.7 cm³/mol. The van der Waals surface area contributed by atoms with Crippen LogP contribution in [0, 0.1) is 0 Å². The fourth-order valence-electron chi connectivity index (χ4n) is 2.30. The van der Waals surface area contributed by atoms with Crippen LogP contribution in [0.4, 0.5) is 0 Å². The van der Waals surface area contributed by atoms with Crippen LogP contribution in [-0.2, 0) is 6.54 Å². The first kappa shape index (κ1) is 14.2. The van der Waals surface area contributed by atoms with Gasteiger partial charge >= 0.3 is 0 Å². The Hall–Kier alpha value is -0.860. The Morgan fingerprint density at radius 2 is 1.47 bits per heavy atom. The first-order valence-electron chi connectivity index (χ1n) is 6.69. The minimum atomic E-state index is -0.369. The third-order valence-corrected chi connectivity index (χ3v) is 3.99. The van der Waals surface area contributed by atoms with Crippen LogP contribution in [0.1, 0.15) is 44.9 Å². The lowest BCUT2D eigenvalue weighted by atomic mass is 10.1. The maximum Gasteiger partial charge on any atom is 0.104 e. The molecule has 1 aromatic carbocycles. The van der Waals surface area contributed by atoms with Crippen molar-refractivity contribution in [2.75, 3.05) is 19.6 Å². The van der Waals surface area contributed by atoms with Gasteiger partial charge in [-0.25, -0.2) is 0 Å². The minimum Gasteiger partial charge on any atom is -0.389 e. The predicted octanol–water partition coefficient (Wildman–Crippen LogP) is 3.12. The molecular weight excluding hydrogens is 210 g/mol. The first-order valence-corrected chi connectivity index (χ1v) is 6.69. The zero-order chi connectivity index (χ0) is 12.9. The normalized spacial score (nSPS) is 13.7. The highest BCUT2D eigenvalue weighted by atomic mass is 16.3. The van der Waals surface area contributed by atoms with Gasteiger partial charge in [-0.15, -0.1) is 0 Å². The van der Waals surface area contributed by atoms with Gasteiger partial charge in [0.15, 0.2) is 0 Å². The van der Waals surface area contributed by atoms with Crippen molar-refractivity contribution in [2.45, 2.75) is 40.3 Å². The third-order valence-electron chi connectivity index (χ3n) is 3.99. The largest absolute Gasteiger partial charge is 0.389 e. The Bertz CT molecular complexity index is 317. The summed E-state index contributed by atoms with van der Waals surface area (Å²) in [4.78, 5) is 0. The SMILES string of the molecule is CC[N+](CC)(CC)Cc1ccc(C(C)O)cc1. The van der Waals surface area contributed by atoms with E-state index in [2.05, 4.69) is 32.9 Å². The van der Waals surface area contributed by atoms with Gasteiger partial charge in [0.05, 0.1) is 25.7 Å². The summed E-state index contributed by atoms with van der Waals surface area (Å²) in [5.74, 6) is 0. The highest BCUT2D eigenvalue weighted by Gasteiger charge is 2.20. The van der Waals surface area contributed by atoms with Crippen molar-refractivity contribution >= 4 is 0 Å². The van der Waals surface area contributed by atoms with E-state index in [1.165, 1.54) is 25.2 Å². The number of nitrogens with zero attached hydrogens (tertiary/aromatic N) is 1. The number of benzene rings is 1. The summed E-state index contributed by atoms with van der Waals surface area (Å²) < 4.78 is 1.13. The summed E-state index contributed by atoms with van der Waals surface area (Å²) in [6.45, 7) is 13.2. The van der Waals surface area contributed by atoms with Crippen molar-refractivity contribution in [1.82, 2.24) is 0 Å². The summed E-state index contributed by atoms with van der Waals surface area (Å²) in [7, 11) is 0. The Balaban J connectivity index is 2.80. The molecule has 0 saturated heterocycles. The van der Waals surface area contributed by atoms with Gasteiger partial charge in [0.2, 0.25) is 0 Å². The Morgan fingerprint density at radius 3 is 1.82 bits per heavy atom. The van der Waals surface area contributed by atoms with Crippen molar-refractivity contribution < 1.29 is 9.59 Å². The molecule has 1 N–H and O–H groups in total. The topological polar surface area (TPSA) is 20.2 Å². The van der Waals surface area contributed by atoms with Gasteiger partial charge in [-0.05, 0) is 33.3 Å². The molecule has 0 saturated carbocycles. The molecule has 2 heteroatoms. The lowest BCUT2D eigenvalue weighted by Gasteiger charge is -2.36. The molecule has 0 aliphatic carbocycles. The molecular formula is C15H26NO+. The zero-order valence-corrected chi connectivity index (χ0v) is 11.6. The number of quaternary nitrogens is 1. The summed E-state index contributed by atoms with van der Waals surface area (Å²) in [5.41, 5.74) is 2.36. The lowest BCUT2D eigenvalue weighted by molar-refractivity contribution is -0.936. The van der Waals surface area contributed by atoms with Crippen molar-refractivity contribution in [3.63, 3.8) is 0 Å². The highest BCUT2D eigenvalue weighted by molar-refractivity contribution is 5.23. The zero-order valence-electron chi connectivity index (χ0n) is 11.6. The quantitative estimate of drug-likeness (QED) is 0.752. The van der Waals surface area contributed by atoms with Gasteiger partial charge in [0.1, 0.15) is 6.54 Å². The second-order valence-electron chi connectivity index (χ2n) is 4.87. The molecule has 0 spiro atoms. The minimum absolute atomic E-state index is 0.369. The smallest absolute Gasteiger partial charge is 0.104 e. The van der Waals surface area contributed by atoms with Gasteiger partial charge in [-0.3, -0.25) is 0 Å². The second kappa shape index (κ2) is 6.18. The summed E-state index contributed by atoms with van der Waals surface area (Å²) >= 11 is 0. The van der Waals surface area contributed by atoms with Gasteiger partial charge in [0, 0.05) is 5.56 Å². The summed E-state index contributed by atoms with van der Waals surface area (Å²) in [6.07, 6.45) is -0.369. The number of hydrogen-bond acceptors (Lipinski definition) is 1. The lowest BCUT2D eigenvalue weighted by Crippen LogP contribution is -2.46. The van der Waals surface area contributed by atoms with Crippen LogP contribution in [-0.4, -0.2) is 29.2 Å². The molecule has 0 aliphatic rings. The van der Waals surface area contributed by atoms with Crippen LogP contribution in [0.25, 0.3) is 0 Å². The Morgan fingerprint density at radius 1 is 1.00 bits per heavy atom. The van der Waals surface area contributed by atoms with Crippen LogP contribution >= 0.6 is 0 Å². The second-order valence-corrected chi connectivity index (χ2v) is 4.87. The molecule has 2 nitrogen and oxygen atoms in total. The number of rotatable bonds is 6. The maximum atomic E-state index is 9.48. The van der Waals surface area contributed by atoms with Gasteiger partial charge in [-0.2, -0.15) is 0 Å². The van der Waals surface area contributed by atoms with Crippen LogP contribution in [0.15, 0.2) is 24.3 Å². The van der Waals surface area contributed by atoms with Crippen molar-refractivity contribution in [2.24, 2.45) is 0 Å². The molecule has 1 unspecified atom stereocenters. The van der Waals surface area contributed by atoms with Crippen LogP contribution < -0.4 is 0 Å². The molecule has 17 heavy (non-hydrogen) atoms. The molecule has 96 valence electrons. The molecule has 0 radical (unpaired) electrons.